The molecule has 0 atom stereocenters. The zero-order valence-electron chi connectivity index (χ0n) is 19.4. The van der Waals surface area contributed by atoms with E-state index >= 15 is 0 Å². The molecule has 3 amide bonds. The normalized spacial score (nSPS) is 17.0. The summed E-state index contributed by atoms with van der Waals surface area (Å²) in [6.45, 7) is 1.50. The number of rotatable bonds is 8. The van der Waals surface area contributed by atoms with E-state index in [1.165, 1.54) is 19.2 Å². The Morgan fingerprint density at radius 1 is 1.17 bits per heavy atom. The predicted octanol–water partition coefficient (Wildman–Crippen LogP) is 3.08. The SMILES string of the molecule is COc1cc(/C=C2\SC(=O)N(CC(=O)N3CCOCC3)C2=O)ccc1OCc1cccc([N+](=O)[O-])c1. The molecule has 2 fully saturated rings. The number of imide groups is 1. The number of nitro groups is 1. The lowest BCUT2D eigenvalue weighted by Gasteiger charge is -2.28. The van der Waals surface area contributed by atoms with Gasteiger partial charge in [-0.15, -0.1) is 0 Å². The van der Waals surface area contributed by atoms with Gasteiger partial charge < -0.3 is 19.1 Å². The van der Waals surface area contributed by atoms with Crippen LogP contribution in [0.2, 0.25) is 0 Å². The van der Waals surface area contributed by atoms with Gasteiger partial charge in [0.2, 0.25) is 5.91 Å². The summed E-state index contributed by atoms with van der Waals surface area (Å²) in [4.78, 5) is 50.9. The molecule has 4 rings (SSSR count). The highest BCUT2D eigenvalue weighted by Gasteiger charge is 2.37. The molecular weight excluding hydrogens is 490 g/mol. The molecule has 0 unspecified atom stereocenters. The average molecular weight is 514 g/mol. The van der Waals surface area contributed by atoms with Crippen LogP contribution in [0.5, 0.6) is 11.5 Å². The first-order valence-electron chi connectivity index (χ1n) is 11.0. The Balaban J connectivity index is 1.43. The molecule has 0 spiro atoms. The van der Waals surface area contributed by atoms with Gasteiger partial charge in [-0.05, 0) is 41.1 Å². The first-order chi connectivity index (χ1) is 17.4. The number of carbonyl (C=O) groups excluding carboxylic acids is 3. The number of hydrogen-bond donors (Lipinski definition) is 0. The lowest BCUT2D eigenvalue weighted by atomic mass is 10.1. The van der Waals surface area contributed by atoms with Crippen LogP contribution < -0.4 is 9.47 Å². The van der Waals surface area contributed by atoms with Crippen LogP contribution in [-0.4, -0.2) is 71.7 Å². The summed E-state index contributed by atoms with van der Waals surface area (Å²) in [7, 11) is 1.46. The second-order valence-corrected chi connectivity index (χ2v) is 8.88. The number of ether oxygens (including phenoxy) is 3. The van der Waals surface area contributed by atoms with Crippen molar-refractivity contribution in [3.8, 4) is 11.5 Å². The number of morpholine rings is 1. The summed E-state index contributed by atoms with van der Waals surface area (Å²) < 4.78 is 16.4. The molecule has 12 heteroatoms. The molecule has 2 aromatic rings. The Bertz CT molecular complexity index is 1230. The second kappa shape index (κ2) is 11.2. The van der Waals surface area contributed by atoms with Crippen molar-refractivity contribution in [1.82, 2.24) is 9.80 Å². The van der Waals surface area contributed by atoms with Gasteiger partial charge in [-0.3, -0.25) is 29.4 Å². The molecule has 0 saturated carbocycles. The van der Waals surface area contributed by atoms with Crippen molar-refractivity contribution in [2.24, 2.45) is 0 Å². The van der Waals surface area contributed by atoms with Crippen molar-refractivity contribution >= 4 is 40.6 Å². The quantitative estimate of drug-likeness (QED) is 0.297. The molecule has 0 aromatic heterocycles. The number of nitrogens with zero attached hydrogens (tertiary/aromatic N) is 3. The molecule has 0 bridgehead atoms. The number of carbonyl (C=O) groups is 3. The molecule has 36 heavy (non-hydrogen) atoms. The molecule has 2 aliphatic rings. The predicted molar refractivity (Wildman–Crippen MR) is 130 cm³/mol. The van der Waals surface area contributed by atoms with Crippen molar-refractivity contribution in [2.75, 3.05) is 40.0 Å². The highest BCUT2D eigenvalue weighted by molar-refractivity contribution is 8.18. The van der Waals surface area contributed by atoms with Crippen LogP contribution in [0.4, 0.5) is 10.5 Å². The van der Waals surface area contributed by atoms with Gasteiger partial charge >= 0.3 is 0 Å². The van der Waals surface area contributed by atoms with Gasteiger partial charge in [-0.25, -0.2) is 0 Å². The van der Waals surface area contributed by atoms with Gasteiger partial charge in [0.25, 0.3) is 16.8 Å². The third-order valence-corrected chi connectivity index (χ3v) is 6.44. The molecule has 2 aromatic carbocycles. The third kappa shape index (κ3) is 5.83. The third-order valence-electron chi connectivity index (χ3n) is 5.53. The fourth-order valence-corrected chi connectivity index (χ4v) is 4.49. The van der Waals surface area contributed by atoms with Gasteiger partial charge in [0.05, 0.1) is 30.2 Å². The molecule has 188 valence electrons. The Kier molecular flexibility index (Phi) is 7.86. The van der Waals surface area contributed by atoms with Gasteiger partial charge in [-0.1, -0.05) is 18.2 Å². The number of non-ortho nitro benzene ring substituents is 1. The summed E-state index contributed by atoms with van der Waals surface area (Å²) in [5.74, 6) is -0.0355. The van der Waals surface area contributed by atoms with Crippen LogP contribution in [-0.2, 0) is 20.9 Å². The van der Waals surface area contributed by atoms with Crippen molar-refractivity contribution in [3.05, 3.63) is 68.6 Å². The smallest absolute Gasteiger partial charge is 0.294 e. The van der Waals surface area contributed by atoms with E-state index in [1.807, 2.05) is 0 Å². The maximum atomic E-state index is 12.8. The van der Waals surface area contributed by atoms with Gasteiger partial charge in [0.1, 0.15) is 13.2 Å². The summed E-state index contributed by atoms with van der Waals surface area (Å²) >= 11 is 0.770. The molecule has 11 nitrogen and oxygen atoms in total. The summed E-state index contributed by atoms with van der Waals surface area (Å²) in [5.41, 5.74) is 1.19. The van der Waals surface area contributed by atoms with Gasteiger partial charge in [0.15, 0.2) is 11.5 Å². The van der Waals surface area contributed by atoms with E-state index in [4.69, 9.17) is 14.2 Å². The zero-order valence-corrected chi connectivity index (χ0v) is 20.2. The van der Waals surface area contributed by atoms with Crippen LogP contribution in [0.15, 0.2) is 47.4 Å². The monoisotopic (exact) mass is 513 g/mol. The second-order valence-electron chi connectivity index (χ2n) is 7.89. The molecule has 0 aliphatic carbocycles. The minimum absolute atomic E-state index is 0.0287. The van der Waals surface area contributed by atoms with Gasteiger partial charge in [-0.2, -0.15) is 0 Å². The standard InChI is InChI=1S/C24H23N3O8S/c1-33-20-12-16(5-6-19(20)35-15-17-3-2-4-18(11-17)27(31)32)13-21-23(29)26(24(30)36-21)14-22(28)25-7-9-34-10-8-25/h2-6,11-13H,7-10,14-15H2,1H3/b21-13-. The molecular formula is C24H23N3O8S. The van der Waals surface area contributed by atoms with Crippen LogP contribution in [0.3, 0.4) is 0 Å². The first kappa shape index (κ1) is 25.2. The van der Waals surface area contributed by atoms with E-state index in [0.717, 1.165) is 16.7 Å². The highest BCUT2D eigenvalue weighted by Crippen LogP contribution is 2.35. The Labute approximate surface area is 210 Å². The van der Waals surface area contributed by atoms with E-state index in [2.05, 4.69) is 0 Å². The number of thioether (sulfide) groups is 1. The minimum atomic E-state index is -0.531. The number of benzene rings is 2. The van der Waals surface area contributed by atoms with Crippen LogP contribution in [0.25, 0.3) is 6.08 Å². The van der Waals surface area contributed by atoms with Crippen LogP contribution in [0, 0.1) is 10.1 Å². The fraction of sp³-hybridized carbons (Fsp3) is 0.292. The summed E-state index contributed by atoms with van der Waals surface area (Å²) in [6, 6.07) is 11.1. The van der Waals surface area contributed by atoms with Gasteiger partial charge in [0, 0.05) is 25.2 Å². The summed E-state index contributed by atoms with van der Waals surface area (Å²) in [5, 5.41) is 10.5. The molecule has 2 saturated heterocycles. The molecule has 0 radical (unpaired) electrons. The van der Waals surface area contributed by atoms with E-state index in [-0.39, 0.29) is 29.7 Å². The van der Waals surface area contributed by atoms with Crippen molar-refractivity contribution < 1.29 is 33.5 Å². The zero-order chi connectivity index (χ0) is 25.7. The minimum Gasteiger partial charge on any atom is -0.493 e. The first-order valence-corrected chi connectivity index (χ1v) is 11.8. The number of methoxy groups -OCH3 is 1. The molecule has 2 heterocycles. The van der Waals surface area contributed by atoms with Crippen LogP contribution >= 0.6 is 11.8 Å². The van der Waals surface area contributed by atoms with Crippen molar-refractivity contribution in [1.29, 1.82) is 0 Å². The molecule has 0 N–H and O–H groups in total. The maximum Gasteiger partial charge on any atom is 0.294 e. The van der Waals surface area contributed by atoms with Crippen molar-refractivity contribution in [3.63, 3.8) is 0 Å². The highest BCUT2D eigenvalue weighted by atomic mass is 32.2. The number of hydrogen-bond acceptors (Lipinski definition) is 9. The Morgan fingerprint density at radius 2 is 1.94 bits per heavy atom. The van der Waals surface area contributed by atoms with Crippen LogP contribution in [0.1, 0.15) is 11.1 Å². The van der Waals surface area contributed by atoms with E-state index in [1.54, 1.807) is 41.3 Å². The average Bonchev–Trinajstić information content (AvgIpc) is 3.15. The maximum absolute atomic E-state index is 12.8. The fourth-order valence-electron chi connectivity index (χ4n) is 3.65. The van der Waals surface area contributed by atoms with E-state index in [9.17, 15) is 24.5 Å². The summed E-state index contributed by atoms with van der Waals surface area (Å²) in [6.07, 6.45) is 1.55. The lowest BCUT2D eigenvalue weighted by Crippen LogP contribution is -2.46. The topological polar surface area (TPSA) is 129 Å². The Hall–Kier alpha value is -3.90. The van der Waals surface area contributed by atoms with E-state index < -0.39 is 16.1 Å². The number of nitro benzene ring substituents is 1. The lowest BCUT2D eigenvalue weighted by molar-refractivity contribution is -0.384. The number of amides is 3. The molecule has 2 aliphatic heterocycles. The van der Waals surface area contributed by atoms with E-state index in [0.29, 0.717) is 48.9 Å². The van der Waals surface area contributed by atoms with Crippen molar-refractivity contribution in [2.45, 2.75) is 6.61 Å². The largest absolute Gasteiger partial charge is 0.493 e. The Morgan fingerprint density at radius 3 is 2.67 bits per heavy atom.